The Hall–Kier alpha value is -1.34. The molecule has 2 aliphatic rings. The molecule has 19 heavy (non-hydrogen) atoms. The van der Waals surface area contributed by atoms with Crippen LogP contribution in [-0.2, 0) is 0 Å². The van der Waals surface area contributed by atoms with Crippen molar-refractivity contribution in [2.75, 3.05) is 20.1 Å². The van der Waals surface area contributed by atoms with Gasteiger partial charge in [-0.25, -0.2) is 0 Å². The van der Waals surface area contributed by atoms with Gasteiger partial charge in [0.05, 0.1) is 0 Å². The zero-order valence-electron chi connectivity index (χ0n) is 11.8. The van der Waals surface area contributed by atoms with Crippen molar-refractivity contribution in [3.63, 3.8) is 0 Å². The number of rotatable bonds is 2. The molecule has 3 rings (SSSR count). The average molecular weight is 253 g/mol. The maximum atomic E-state index is 2.50. The van der Waals surface area contributed by atoms with Crippen LogP contribution in [0.2, 0.25) is 0 Å². The summed E-state index contributed by atoms with van der Waals surface area (Å²) in [5.41, 5.74) is 4.63. The number of benzene rings is 1. The SMILES string of the molecule is CN1CC=C(c2ccccc2)C(C2=CCCCC2)C1. The van der Waals surface area contributed by atoms with Gasteiger partial charge in [0.25, 0.3) is 0 Å². The molecule has 0 bridgehead atoms. The van der Waals surface area contributed by atoms with Crippen molar-refractivity contribution >= 4 is 5.57 Å². The summed E-state index contributed by atoms with van der Waals surface area (Å²) in [4.78, 5) is 2.44. The van der Waals surface area contributed by atoms with Crippen molar-refractivity contribution in [2.24, 2.45) is 5.92 Å². The Bertz CT molecular complexity index is 484. The van der Waals surface area contributed by atoms with Gasteiger partial charge in [-0.2, -0.15) is 0 Å². The summed E-state index contributed by atoms with van der Waals surface area (Å²) in [6.07, 6.45) is 10.2. The van der Waals surface area contributed by atoms with Crippen LogP contribution in [0.4, 0.5) is 0 Å². The Morgan fingerprint density at radius 2 is 1.89 bits per heavy atom. The number of nitrogens with zero attached hydrogens (tertiary/aromatic N) is 1. The quantitative estimate of drug-likeness (QED) is 0.716. The molecule has 100 valence electrons. The summed E-state index contributed by atoms with van der Waals surface area (Å²) in [5, 5.41) is 0. The molecule has 1 unspecified atom stereocenters. The minimum atomic E-state index is 0.612. The van der Waals surface area contributed by atoms with E-state index in [0.29, 0.717) is 5.92 Å². The first-order valence-corrected chi connectivity index (χ1v) is 7.47. The van der Waals surface area contributed by atoms with Crippen LogP contribution in [0.25, 0.3) is 5.57 Å². The molecular weight excluding hydrogens is 230 g/mol. The van der Waals surface area contributed by atoms with Crippen LogP contribution in [0.15, 0.2) is 48.1 Å². The molecule has 1 heterocycles. The molecule has 1 heteroatoms. The van der Waals surface area contributed by atoms with E-state index in [0.717, 1.165) is 6.54 Å². The van der Waals surface area contributed by atoms with Crippen LogP contribution in [-0.4, -0.2) is 25.0 Å². The predicted molar refractivity (Wildman–Crippen MR) is 82.0 cm³/mol. The molecule has 0 amide bonds. The van der Waals surface area contributed by atoms with E-state index < -0.39 is 0 Å². The van der Waals surface area contributed by atoms with Gasteiger partial charge in [-0.3, -0.25) is 0 Å². The van der Waals surface area contributed by atoms with Gasteiger partial charge in [-0.1, -0.05) is 48.1 Å². The topological polar surface area (TPSA) is 3.24 Å². The summed E-state index contributed by atoms with van der Waals surface area (Å²) in [6, 6.07) is 10.9. The second-order valence-electron chi connectivity index (χ2n) is 5.82. The fourth-order valence-electron chi connectivity index (χ4n) is 3.33. The first-order chi connectivity index (χ1) is 9.34. The monoisotopic (exact) mass is 253 g/mol. The van der Waals surface area contributed by atoms with Crippen molar-refractivity contribution in [3.8, 4) is 0 Å². The minimum absolute atomic E-state index is 0.612. The van der Waals surface area contributed by atoms with Gasteiger partial charge < -0.3 is 4.90 Å². The Labute approximate surface area is 116 Å². The van der Waals surface area contributed by atoms with Crippen molar-refractivity contribution in [1.29, 1.82) is 0 Å². The molecule has 1 atom stereocenters. The van der Waals surface area contributed by atoms with Gasteiger partial charge >= 0.3 is 0 Å². The van der Waals surface area contributed by atoms with Crippen molar-refractivity contribution in [3.05, 3.63) is 53.6 Å². The lowest BCUT2D eigenvalue weighted by molar-refractivity contribution is 0.331. The van der Waals surface area contributed by atoms with Gasteiger partial charge in [-0.05, 0) is 43.9 Å². The van der Waals surface area contributed by atoms with E-state index in [4.69, 9.17) is 0 Å². The lowest BCUT2D eigenvalue weighted by Crippen LogP contribution is -2.32. The molecule has 1 aliphatic heterocycles. The summed E-state index contributed by atoms with van der Waals surface area (Å²) in [6.45, 7) is 2.25. The fraction of sp³-hybridized carbons (Fsp3) is 0.444. The number of allylic oxidation sites excluding steroid dienone is 1. The summed E-state index contributed by atoms with van der Waals surface area (Å²) < 4.78 is 0. The highest BCUT2D eigenvalue weighted by Crippen LogP contribution is 2.36. The van der Waals surface area contributed by atoms with Crippen LogP contribution in [0.1, 0.15) is 31.2 Å². The molecular formula is C18H23N. The molecule has 0 aromatic heterocycles. The van der Waals surface area contributed by atoms with Gasteiger partial charge in [0, 0.05) is 19.0 Å². The van der Waals surface area contributed by atoms with Gasteiger partial charge in [0.2, 0.25) is 0 Å². The van der Waals surface area contributed by atoms with E-state index in [1.165, 1.54) is 37.8 Å². The highest BCUT2D eigenvalue weighted by atomic mass is 15.1. The zero-order chi connectivity index (χ0) is 13.1. The molecule has 0 fully saturated rings. The van der Waals surface area contributed by atoms with E-state index in [1.807, 2.05) is 0 Å². The number of hydrogen-bond donors (Lipinski definition) is 0. The number of hydrogen-bond acceptors (Lipinski definition) is 1. The predicted octanol–water partition coefficient (Wildman–Crippen LogP) is 4.13. The summed E-state index contributed by atoms with van der Waals surface area (Å²) >= 11 is 0. The molecule has 0 N–H and O–H groups in total. The van der Waals surface area contributed by atoms with Gasteiger partial charge in [-0.15, -0.1) is 0 Å². The van der Waals surface area contributed by atoms with Crippen LogP contribution < -0.4 is 0 Å². The van der Waals surface area contributed by atoms with E-state index >= 15 is 0 Å². The van der Waals surface area contributed by atoms with Crippen LogP contribution >= 0.6 is 0 Å². The Balaban J connectivity index is 1.93. The largest absolute Gasteiger partial charge is 0.302 e. The Morgan fingerprint density at radius 1 is 1.05 bits per heavy atom. The van der Waals surface area contributed by atoms with Gasteiger partial charge in [0.1, 0.15) is 0 Å². The third-order valence-electron chi connectivity index (χ3n) is 4.37. The minimum Gasteiger partial charge on any atom is -0.302 e. The zero-order valence-corrected chi connectivity index (χ0v) is 11.8. The Kier molecular flexibility index (Phi) is 3.84. The lowest BCUT2D eigenvalue weighted by atomic mass is 9.80. The van der Waals surface area contributed by atoms with E-state index in [1.54, 1.807) is 11.1 Å². The normalized spacial score (nSPS) is 24.8. The first kappa shape index (κ1) is 12.7. The molecule has 1 aromatic rings. The van der Waals surface area contributed by atoms with Crippen molar-refractivity contribution in [1.82, 2.24) is 4.90 Å². The molecule has 1 nitrogen and oxygen atoms in total. The van der Waals surface area contributed by atoms with Crippen LogP contribution in [0.5, 0.6) is 0 Å². The second kappa shape index (κ2) is 5.75. The smallest absolute Gasteiger partial charge is 0.0179 e. The first-order valence-electron chi connectivity index (χ1n) is 7.47. The summed E-state index contributed by atoms with van der Waals surface area (Å²) in [5.74, 6) is 0.612. The third kappa shape index (κ3) is 2.82. The maximum absolute atomic E-state index is 2.50. The Morgan fingerprint density at radius 3 is 2.63 bits per heavy atom. The van der Waals surface area contributed by atoms with Crippen LogP contribution in [0, 0.1) is 5.92 Å². The standard InChI is InChI=1S/C18H23N/c1-19-13-12-17(15-8-4-2-5-9-15)18(14-19)16-10-6-3-7-11-16/h2,4-5,8-10,12,18H,3,6-7,11,13-14H2,1H3. The van der Waals surface area contributed by atoms with Crippen molar-refractivity contribution in [2.45, 2.75) is 25.7 Å². The van der Waals surface area contributed by atoms with Crippen molar-refractivity contribution < 1.29 is 0 Å². The fourth-order valence-corrected chi connectivity index (χ4v) is 3.33. The van der Waals surface area contributed by atoms with E-state index in [2.05, 4.69) is 54.4 Å². The second-order valence-corrected chi connectivity index (χ2v) is 5.82. The highest BCUT2D eigenvalue weighted by Gasteiger charge is 2.25. The van der Waals surface area contributed by atoms with E-state index in [9.17, 15) is 0 Å². The third-order valence-corrected chi connectivity index (χ3v) is 4.37. The molecule has 0 saturated heterocycles. The highest BCUT2D eigenvalue weighted by molar-refractivity contribution is 5.71. The maximum Gasteiger partial charge on any atom is 0.0179 e. The van der Waals surface area contributed by atoms with Crippen LogP contribution in [0.3, 0.4) is 0 Å². The average Bonchev–Trinajstić information content (AvgIpc) is 2.49. The summed E-state index contributed by atoms with van der Waals surface area (Å²) in [7, 11) is 2.23. The lowest BCUT2D eigenvalue weighted by Gasteiger charge is -2.33. The molecule has 0 radical (unpaired) electrons. The molecule has 1 aromatic carbocycles. The molecule has 0 saturated carbocycles. The molecule has 1 aliphatic carbocycles. The molecule has 0 spiro atoms. The van der Waals surface area contributed by atoms with Gasteiger partial charge in [0.15, 0.2) is 0 Å². The number of likely N-dealkylation sites (N-methyl/N-ethyl adjacent to an activating group) is 1. The van der Waals surface area contributed by atoms with E-state index in [-0.39, 0.29) is 0 Å².